The van der Waals surface area contributed by atoms with Crippen molar-refractivity contribution in [2.24, 2.45) is 11.8 Å². The van der Waals surface area contributed by atoms with Crippen LogP contribution in [-0.4, -0.2) is 19.2 Å². The molecule has 0 radical (unpaired) electrons. The van der Waals surface area contributed by atoms with Gasteiger partial charge in [-0.2, -0.15) is 13.2 Å². The van der Waals surface area contributed by atoms with E-state index in [2.05, 4.69) is 5.32 Å². The van der Waals surface area contributed by atoms with E-state index in [4.69, 9.17) is 4.74 Å². The summed E-state index contributed by atoms with van der Waals surface area (Å²) >= 11 is 0. The first-order valence-corrected chi connectivity index (χ1v) is 7.01. The summed E-state index contributed by atoms with van der Waals surface area (Å²) in [6.45, 7) is 2.36. The number of alkyl halides is 3. The molecule has 1 saturated heterocycles. The number of hydrogen-bond acceptors (Lipinski definition) is 2. The van der Waals surface area contributed by atoms with E-state index in [9.17, 15) is 13.2 Å². The molecule has 1 aromatic rings. The molecule has 2 aliphatic rings. The molecule has 20 heavy (non-hydrogen) atoms. The van der Waals surface area contributed by atoms with Crippen LogP contribution in [0.4, 0.5) is 13.2 Å². The number of nitrogens with one attached hydrogen (secondary N) is 1. The topological polar surface area (TPSA) is 21.3 Å². The van der Waals surface area contributed by atoms with Gasteiger partial charge in [0.25, 0.3) is 0 Å². The minimum absolute atomic E-state index is 0.196. The lowest BCUT2D eigenvalue weighted by Gasteiger charge is -2.14. The maximum Gasteiger partial charge on any atom is 0.416 e. The van der Waals surface area contributed by atoms with Gasteiger partial charge < -0.3 is 10.1 Å². The molecule has 0 unspecified atom stereocenters. The fraction of sp³-hybridized carbons (Fsp3) is 0.600. The predicted molar refractivity (Wildman–Crippen MR) is 69.1 cm³/mol. The zero-order valence-electron chi connectivity index (χ0n) is 11.1. The number of halogens is 3. The quantitative estimate of drug-likeness (QED) is 0.920. The van der Waals surface area contributed by atoms with Gasteiger partial charge in [0, 0.05) is 0 Å². The molecule has 2 fully saturated rings. The van der Waals surface area contributed by atoms with Gasteiger partial charge in [0.2, 0.25) is 0 Å². The summed E-state index contributed by atoms with van der Waals surface area (Å²) in [5, 5.41) is 3.36. The number of rotatable bonds is 3. The first-order valence-electron chi connectivity index (χ1n) is 7.01. The molecule has 0 spiro atoms. The van der Waals surface area contributed by atoms with Gasteiger partial charge in [-0.05, 0) is 55.5 Å². The van der Waals surface area contributed by atoms with E-state index >= 15 is 0 Å². The molecule has 3 atom stereocenters. The van der Waals surface area contributed by atoms with Crippen LogP contribution in [0.2, 0.25) is 0 Å². The minimum Gasteiger partial charge on any atom is -0.374 e. The third-order valence-electron chi connectivity index (χ3n) is 4.35. The molecule has 1 saturated carbocycles. The average Bonchev–Trinajstić information content (AvgIpc) is 2.96. The second-order valence-electron chi connectivity index (χ2n) is 5.78. The van der Waals surface area contributed by atoms with Crippen LogP contribution in [0.15, 0.2) is 24.3 Å². The van der Waals surface area contributed by atoms with Crippen LogP contribution in [0.3, 0.4) is 0 Å². The molecule has 1 N–H and O–H groups in total. The molecule has 5 heteroatoms. The SMILES string of the molecule is FC(F)(F)c1cccc(CO[C@@H]2C[C@H]3CNC[C@H]3C2)c1. The molecule has 1 heterocycles. The van der Waals surface area contributed by atoms with E-state index in [1.807, 2.05) is 0 Å². The van der Waals surface area contributed by atoms with E-state index in [0.717, 1.165) is 32.0 Å². The van der Waals surface area contributed by atoms with E-state index in [-0.39, 0.29) is 12.7 Å². The van der Waals surface area contributed by atoms with Gasteiger partial charge in [0.05, 0.1) is 18.3 Å². The minimum atomic E-state index is -4.29. The lowest BCUT2D eigenvalue weighted by atomic mass is 10.0. The summed E-state index contributed by atoms with van der Waals surface area (Å²) in [4.78, 5) is 0. The highest BCUT2D eigenvalue weighted by Gasteiger charge is 2.37. The number of hydrogen-bond donors (Lipinski definition) is 1. The summed E-state index contributed by atoms with van der Waals surface area (Å²) in [5.41, 5.74) is -0.0129. The van der Waals surface area contributed by atoms with Gasteiger partial charge in [-0.15, -0.1) is 0 Å². The van der Waals surface area contributed by atoms with Crippen molar-refractivity contribution in [3.8, 4) is 0 Å². The Kier molecular flexibility index (Phi) is 3.73. The van der Waals surface area contributed by atoms with Gasteiger partial charge in [0.15, 0.2) is 0 Å². The van der Waals surface area contributed by atoms with Crippen molar-refractivity contribution in [2.75, 3.05) is 13.1 Å². The average molecular weight is 285 g/mol. The molecule has 1 aliphatic heterocycles. The third kappa shape index (κ3) is 2.99. The molecule has 1 aliphatic carbocycles. The van der Waals surface area contributed by atoms with Crippen molar-refractivity contribution in [1.82, 2.24) is 5.32 Å². The van der Waals surface area contributed by atoms with Crippen LogP contribution < -0.4 is 5.32 Å². The van der Waals surface area contributed by atoms with Crippen LogP contribution in [0.25, 0.3) is 0 Å². The Bertz CT molecular complexity index is 462. The Morgan fingerprint density at radius 2 is 1.85 bits per heavy atom. The van der Waals surface area contributed by atoms with Gasteiger partial charge in [-0.3, -0.25) is 0 Å². The Balaban J connectivity index is 1.56. The Morgan fingerprint density at radius 3 is 2.50 bits per heavy atom. The zero-order chi connectivity index (χ0) is 14.2. The summed E-state index contributed by atoms with van der Waals surface area (Å²) < 4.78 is 43.6. The van der Waals surface area contributed by atoms with Crippen molar-refractivity contribution >= 4 is 0 Å². The van der Waals surface area contributed by atoms with E-state index in [0.29, 0.717) is 17.4 Å². The monoisotopic (exact) mass is 285 g/mol. The summed E-state index contributed by atoms with van der Waals surface area (Å²) in [7, 11) is 0. The summed E-state index contributed by atoms with van der Waals surface area (Å²) in [6, 6.07) is 5.40. The van der Waals surface area contributed by atoms with Crippen LogP contribution in [0.1, 0.15) is 24.0 Å². The van der Waals surface area contributed by atoms with Crippen molar-refractivity contribution in [2.45, 2.75) is 31.7 Å². The molecule has 0 aromatic heterocycles. The molecular weight excluding hydrogens is 267 g/mol. The first kappa shape index (κ1) is 13.9. The van der Waals surface area contributed by atoms with Crippen molar-refractivity contribution in [1.29, 1.82) is 0 Å². The maximum atomic E-state index is 12.6. The number of ether oxygens (including phenoxy) is 1. The molecule has 2 nitrogen and oxygen atoms in total. The fourth-order valence-corrected chi connectivity index (χ4v) is 3.30. The zero-order valence-corrected chi connectivity index (χ0v) is 11.1. The smallest absolute Gasteiger partial charge is 0.374 e. The molecule has 0 bridgehead atoms. The summed E-state index contributed by atoms with van der Waals surface area (Å²) in [6.07, 6.45) is -2.04. The highest BCUT2D eigenvalue weighted by molar-refractivity contribution is 5.25. The molecule has 3 rings (SSSR count). The van der Waals surface area contributed by atoms with Crippen LogP contribution in [-0.2, 0) is 17.5 Å². The van der Waals surface area contributed by atoms with Crippen LogP contribution in [0, 0.1) is 11.8 Å². The summed E-state index contributed by atoms with van der Waals surface area (Å²) in [5.74, 6) is 1.36. The molecule has 0 amide bonds. The van der Waals surface area contributed by atoms with E-state index in [1.54, 1.807) is 6.07 Å². The van der Waals surface area contributed by atoms with Crippen LogP contribution >= 0.6 is 0 Å². The van der Waals surface area contributed by atoms with Gasteiger partial charge in [-0.25, -0.2) is 0 Å². The molecule has 1 aromatic carbocycles. The predicted octanol–water partition coefficient (Wildman–Crippen LogP) is 3.22. The van der Waals surface area contributed by atoms with E-state index in [1.165, 1.54) is 12.1 Å². The van der Waals surface area contributed by atoms with Crippen molar-refractivity contribution in [3.05, 3.63) is 35.4 Å². The Morgan fingerprint density at radius 1 is 1.15 bits per heavy atom. The fourth-order valence-electron chi connectivity index (χ4n) is 3.30. The molecular formula is C15H18F3NO. The third-order valence-corrected chi connectivity index (χ3v) is 4.35. The van der Waals surface area contributed by atoms with Crippen LogP contribution in [0.5, 0.6) is 0 Å². The van der Waals surface area contributed by atoms with Crippen molar-refractivity contribution < 1.29 is 17.9 Å². The van der Waals surface area contributed by atoms with Gasteiger partial charge in [-0.1, -0.05) is 12.1 Å². The highest BCUT2D eigenvalue weighted by atomic mass is 19.4. The second-order valence-corrected chi connectivity index (χ2v) is 5.78. The first-order chi connectivity index (χ1) is 9.52. The lowest BCUT2D eigenvalue weighted by molar-refractivity contribution is -0.137. The number of fused-ring (bicyclic) bond motifs is 1. The lowest BCUT2D eigenvalue weighted by Crippen LogP contribution is -2.16. The van der Waals surface area contributed by atoms with Gasteiger partial charge >= 0.3 is 6.18 Å². The largest absolute Gasteiger partial charge is 0.416 e. The standard InChI is InChI=1S/C15H18F3NO/c16-15(17,18)13-3-1-2-10(4-13)9-20-14-5-11-7-19-8-12(11)6-14/h1-4,11-12,14,19H,5-9H2/t11-,12+,14+. The molecule has 110 valence electrons. The maximum absolute atomic E-state index is 12.6. The van der Waals surface area contributed by atoms with E-state index < -0.39 is 11.7 Å². The second kappa shape index (κ2) is 5.37. The Labute approximate surface area is 116 Å². The van der Waals surface area contributed by atoms with Crippen molar-refractivity contribution in [3.63, 3.8) is 0 Å². The number of benzene rings is 1. The Hall–Kier alpha value is -1.07. The van der Waals surface area contributed by atoms with Gasteiger partial charge in [0.1, 0.15) is 0 Å². The highest BCUT2D eigenvalue weighted by Crippen LogP contribution is 2.36. The normalized spacial score (nSPS) is 29.6.